The van der Waals surface area contributed by atoms with Crippen molar-refractivity contribution in [2.45, 2.75) is 30.4 Å². The molecule has 2 aliphatic rings. The number of rotatable bonds is 5. The predicted molar refractivity (Wildman–Crippen MR) is 127 cm³/mol. The molecule has 1 N–H and O–H groups in total. The summed E-state index contributed by atoms with van der Waals surface area (Å²) < 4.78 is 35.8. The van der Waals surface area contributed by atoms with E-state index in [9.17, 15) is 23.1 Å². The summed E-state index contributed by atoms with van der Waals surface area (Å²) in [6.45, 7) is 1.28. The molecule has 182 valence electrons. The zero-order valence-corrected chi connectivity index (χ0v) is 20.1. The number of hydrogen-bond acceptors (Lipinski definition) is 7. The summed E-state index contributed by atoms with van der Waals surface area (Å²) in [6.07, 6.45) is 3.20. The predicted octanol–water partition coefficient (Wildman–Crippen LogP) is 1.74. The van der Waals surface area contributed by atoms with Crippen LogP contribution in [0.1, 0.15) is 17.3 Å². The van der Waals surface area contributed by atoms with Gasteiger partial charge in [-0.1, -0.05) is 24.3 Å². The lowest BCUT2D eigenvalue weighted by molar-refractivity contribution is -0.148. The zero-order valence-electron chi connectivity index (χ0n) is 19.2. The fourth-order valence-corrected chi connectivity index (χ4v) is 7.56. The summed E-state index contributed by atoms with van der Waals surface area (Å²) in [4.78, 5) is 30.7. The summed E-state index contributed by atoms with van der Waals surface area (Å²) in [5.74, 6) is -2.34. The number of aromatic nitrogens is 2. The van der Waals surface area contributed by atoms with Gasteiger partial charge >= 0.3 is 5.97 Å². The average Bonchev–Trinajstić information content (AvgIpc) is 3.12. The molecule has 0 spiro atoms. The highest BCUT2D eigenvalue weighted by molar-refractivity contribution is 7.89. The molecule has 9 nitrogen and oxygen atoms in total. The number of carbonyl (C=O) groups excluding carboxylic acids is 1. The molecule has 2 aromatic heterocycles. The van der Waals surface area contributed by atoms with Gasteiger partial charge in [0.2, 0.25) is 10.0 Å². The first-order valence-corrected chi connectivity index (χ1v) is 12.7. The van der Waals surface area contributed by atoms with Crippen LogP contribution >= 0.6 is 0 Å². The van der Waals surface area contributed by atoms with E-state index in [4.69, 9.17) is 4.74 Å². The Hall–Kier alpha value is -3.34. The first kappa shape index (κ1) is 23.4. The Morgan fingerprint density at radius 2 is 1.94 bits per heavy atom. The molecule has 0 aliphatic carbocycles. The summed E-state index contributed by atoms with van der Waals surface area (Å²) in [6, 6.07) is 11.6. The molecule has 4 atom stereocenters. The Morgan fingerprint density at radius 1 is 1.17 bits per heavy atom. The number of aliphatic hydroxyl groups excluding tert-OH is 1. The highest BCUT2D eigenvalue weighted by Gasteiger charge is 2.60. The van der Waals surface area contributed by atoms with Crippen LogP contribution in [0.3, 0.4) is 0 Å². The molecule has 0 amide bonds. The third-order valence-electron chi connectivity index (χ3n) is 7.08. The minimum Gasteiger partial charge on any atom is -0.469 e. The molecule has 0 radical (unpaired) electrons. The number of sulfonamides is 1. The number of aryl methyl sites for hydroxylation is 1. The number of ether oxygens (including phenoxy) is 1. The highest BCUT2D eigenvalue weighted by Crippen LogP contribution is 2.51. The number of nitrogens with zero attached hydrogens (tertiary/aromatic N) is 3. The van der Waals surface area contributed by atoms with Crippen molar-refractivity contribution in [1.29, 1.82) is 0 Å². The number of aliphatic hydroxyl groups is 1. The van der Waals surface area contributed by atoms with Gasteiger partial charge in [0, 0.05) is 54.3 Å². The van der Waals surface area contributed by atoms with Gasteiger partial charge in [0.15, 0.2) is 0 Å². The molecule has 1 saturated heterocycles. The molecule has 0 saturated carbocycles. The lowest BCUT2D eigenvalue weighted by Crippen LogP contribution is -2.49. The van der Waals surface area contributed by atoms with Crippen molar-refractivity contribution < 1.29 is 23.1 Å². The van der Waals surface area contributed by atoms with Crippen molar-refractivity contribution in [1.82, 2.24) is 13.9 Å². The molecule has 1 fully saturated rings. The normalized spacial score (nSPS) is 23.6. The van der Waals surface area contributed by atoms with Crippen LogP contribution in [0.15, 0.2) is 70.6 Å². The van der Waals surface area contributed by atoms with Gasteiger partial charge in [0.05, 0.1) is 24.0 Å². The molecule has 5 rings (SSSR count). The van der Waals surface area contributed by atoms with Crippen LogP contribution in [0.5, 0.6) is 0 Å². The van der Waals surface area contributed by atoms with E-state index < -0.39 is 46.5 Å². The number of methoxy groups -OCH3 is 1. The molecule has 10 heteroatoms. The maximum Gasteiger partial charge on any atom is 0.311 e. The molecule has 2 aliphatic heterocycles. The third-order valence-corrected chi connectivity index (χ3v) is 9.15. The van der Waals surface area contributed by atoms with E-state index in [2.05, 4.69) is 4.98 Å². The van der Waals surface area contributed by atoms with E-state index >= 15 is 0 Å². The van der Waals surface area contributed by atoms with Crippen LogP contribution in [0.2, 0.25) is 0 Å². The van der Waals surface area contributed by atoms with Crippen molar-refractivity contribution in [3.05, 3.63) is 82.5 Å². The molecule has 3 aromatic rings. The van der Waals surface area contributed by atoms with Crippen LogP contribution in [0.25, 0.3) is 11.1 Å². The number of fused-ring (bicyclic) bond motifs is 4. The van der Waals surface area contributed by atoms with Crippen LogP contribution in [-0.4, -0.2) is 53.1 Å². The summed E-state index contributed by atoms with van der Waals surface area (Å²) in [5, 5.41) is 10.3. The number of carbonyl (C=O) groups is 1. The number of benzene rings is 1. The Labute approximate surface area is 202 Å². The molecule has 0 unspecified atom stereocenters. The van der Waals surface area contributed by atoms with Gasteiger partial charge in [-0.3, -0.25) is 14.6 Å². The van der Waals surface area contributed by atoms with E-state index in [-0.39, 0.29) is 17.0 Å². The minimum atomic E-state index is -4.08. The van der Waals surface area contributed by atoms with Gasteiger partial charge in [0.25, 0.3) is 5.56 Å². The van der Waals surface area contributed by atoms with Gasteiger partial charge in [-0.05, 0) is 36.8 Å². The smallest absolute Gasteiger partial charge is 0.311 e. The lowest BCUT2D eigenvalue weighted by Gasteiger charge is -2.37. The second-order valence-corrected chi connectivity index (χ2v) is 10.6. The van der Waals surface area contributed by atoms with Crippen LogP contribution in [0, 0.1) is 18.8 Å². The van der Waals surface area contributed by atoms with Crippen molar-refractivity contribution >= 4 is 16.0 Å². The second kappa shape index (κ2) is 8.71. The molecular weight excluding hydrogens is 470 g/mol. The van der Waals surface area contributed by atoms with E-state index in [1.807, 2.05) is 0 Å². The van der Waals surface area contributed by atoms with Crippen molar-refractivity contribution in [2.75, 3.05) is 13.7 Å². The van der Waals surface area contributed by atoms with Crippen molar-refractivity contribution in [3.63, 3.8) is 0 Å². The van der Waals surface area contributed by atoms with Crippen molar-refractivity contribution in [3.8, 4) is 11.1 Å². The fourth-order valence-electron chi connectivity index (χ4n) is 5.49. The first-order chi connectivity index (χ1) is 16.8. The number of hydrogen-bond donors (Lipinski definition) is 1. The minimum absolute atomic E-state index is 0.00258. The molecule has 4 heterocycles. The fraction of sp³-hybridized carbons (Fsp3) is 0.320. The van der Waals surface area contributed by atoms with Crippen LogP contribution < -0.4 is 5.56 Å². The van der Waals surface area contributed by atoms with Gasteiger partial charge in [-0.2, -0.15) is 4.31 Å². The quantitative estimate of drug-likeness (QED) is 0.536. The zero-order chi connectivity index (χ0) is 24.9. The van der Waals surface area contributed by atoms with Gasteiger partial charge in [-0.15, -0.1) is 0 Å². The topological polar surface area (TPSA) is 119 Å². The summed E-state index contributed by atoms with van der Waals surface area (Å²) >= 11 is 0. The Balaban J connectivity index is 1.73. The average molecular weight is 496 g/mol. The monoisotopic (exact) mass is 495 g/mol. The Morgan fingerprint density at radius 3 is 2.60 bits per heavy atom. The van der Waals surface area contributed by atoms with E-state index in [0.29, 0.717) is 22.4 Å². The van der Waals surface area contributed by atoms with E-state index in [1.165, 1.54) is 22.0 Å². The van der Waals surface area contributed by atoms with Crippen LogP contribution in [-0.2, 0) is 26.1 Å². The number of pyridine rings is 2. The standard InChI is InChI=1S/C25H25N3O6S/c1-15-6-3-4-8-21(15)35(32,33)28-20-13-27-19(23(28)22(18(20)14-29)25(31)34-2)10-9-17(24(27)30)16-7-5-11-26-12-16/h3-12,18,20,22-23,29H,13-14H2,1-2H3/t18-,20-,22+,23+/m0/s1. The van der Waals surface area contributed by atoms with Crippen LogP contribution in [0.4, 0.5) is 0 Å². The van der Waals surface area contributed by atoms with Gasteiger partial charge in [-0.25, -0.2) is 8.42 Å². The molecule has 1 aromatic carbocycles. The maximum atomic E-state index is 14.0. The molecular formula is C25H25N3O6S. The maximum absolute atomic E-state index is 14.0. The SMILES string of the molecule is COC(=O)[C@@H]1[C@@H](CO)[C@@H]2Cn3c(ccc(-c4cccnc4)c3=O)[C@H]1N2S(=O)(=O)c1ccccc1C. The number of esters is 1. The lowest BCUT2D eigenvalue weighted by atomic mass is 9.87. The van der Waals surface area contributed by atoms with Gasteiger partial charge in [0.1, 0.15) is 0 Å². The Bertz CT molecular complexity index is 1450. The van der Waals surface area contributed by atoms with E-state index in [1.54, 1.807) is 61.8 Å². The largest absolute Gasteiger partial charge is 0.469 e. The Kier molecular flexibility index (Phi) is 5.82. The third kappa shape index (κ3) is 3.51. The summed E-state index contributed by atoms with van der Waals surface area (Å²) in [5.41, 5.74) is 1.71. The first-order valence-electron chi connectivity index (χ1n) is 11.2. The van der Waals surface area contributed by atoms with E-state index in [0.717, 1.165) is 0 Å². The molecule has 2 bridgehead atoms. The highest BCUT2D eigenvalue weighted by atomic mass is 32.2. The second-order valence-electron chi connectivity index (χ2n) is 8.84. The summed E-state index contributed by atoms with van der Waals surface area (Å²) in [7, 11) is -2.84. The van der Waals surface area contributed by atoms with Gasteiger partial charge < -0.3 is 14.4 Å². The van der Waals surface area contributed by atoms with Crippen molar-refractivity contribution in [2.24, 2.45) is 11.8 Å². The molecule has 35 heavy (non-hydrogen) atoms.